The highest BCUT2D eigenvalue weighted by Crippen LogP contribution is 2.16. The lowest BCUT2D eigenvalue weighted by molar-refractivity contribution is 0.553. The van der Waals surface area contributed by atoms with Gasteiger partial charge in [0.1, 0.15) is 5.75 Å². The van der Waals surface area contributed by atoms with E-state index >= 15 is 0 Å². The number of rotatable bonds is 5. The normalized spacial score (nSPS) is 15.1. The molecule has 3 nitrogen and oxygen atoms in total. The van der Waals surface area contributed by atoms with Crippen molar-refractivity contribution in [1.29, 1.82) is 0 Å². The first-order chi connectivity index (χ1) is 7.50. The quantitative estimate of drug-likeness (QED) is 0.804. The van der Waals surface area contributed by atoms with Crippen LogP contribution in [0.3, 0.4) is 0 Å². The second-order valence-electron chi connectivity index (χ2n) is 4.42. The molecule has 0 aliphatic carbocycles. The van der Waals surface area contributed by atoms with E-state index in [4.69, 9.17) is 0 Å². The van der Waals surface area contributed by atoms with Gasteiger partial charge in [0.15, 0.2) is 0 Å². The van der Waals surface area contributed by atoms with Gasteiger partial charge in [-0.15, -0.1) is 4.72 Å². The van der Waals surface area contributed by atoms with Crippen LogP contribution in [0.1, 0.15) is 38.1 Å². The fourth-order valence-electron chi connectivity index (χ4n) is 1.57. The van der Waals surface area contributed by atoms with Gasteiger partial charge in [-0.1, -0.05) is 19.9 Å². The zero-order valence-corrected chi connectivity index (χ0v) is 11.2. The predicted molar refractivity (Wildman–Crippen MR) is 68.4 cm³/mol. The molecule has 16 heavy (non-hydrogen) atoms. The predicted octanol–water partition coefficient (Wildman–Crippen LogP) is 2.36. The monoisotopic (exact) mass is 240 g/mol. The molecular weight excluding hydrogens is 220 g/mol. The summed E-state index contributed by atoms with van der Waals surface area (Å²) in [5.41, 5.74) is 2.10. The number of aromatic nitrogens is 1. The Bertz CT molecular complexity index is 331. The molecule has 4 heteroatoms. The first-order valence-electron chi connectivity index (χ1n) is 5.56. The van der Waals surface area contributed by atoms with Crippen molar-refractivity contribution in [1.82, 2.24) is 9.71 Å². The van der Waals surface area contributed by atoms with Gasteiger partial charge in [0.25, 0.3) is 0 Å². The third-order valence-electron chi connectivity index (χ3n) is 2.31. The molecule has 1 aromatic heterocycles. The molecule has 0 aliphatic rings. The van der Waals surface area contributed by atoms with Crippen LogP contribution in [0.2, 0.25) is 0 Å². The van der Waals surface area contributed by atoms with Crippen LogP contribution in [0, 0.1) is 12.8 Å². The lowest BCUT2D eigenvalue weighted by atomic mass is 10.1. The third kappa shape index (κ3) is 4.12. The summed E-state index contributed by atoms with van der Waals surface area (Å²) in [4.78, 5) is 4.23. The molecule has 0 aliphatic heterocycles. The van der Waals surface area contributed by atoms with Crippen LogP contribution in [0.25, 0.3) is 0 Å². The molecule has 90 valence electrons. The fraction of sp³-hybridized carbons (Fsp3) is 0.583. The van der Waals surface area contributed by atoms with E-state index < -0.39 is 11.4 Å². The van der Waals surface area contributed by atoms with Crippen molar-refractivity contribution in [3.8, 4) is 0 Å². The smallest absolute Gasteiger partial charge is 0.127 e. The summed E-state index contributed by atoms with van der Waals surface area (Å²) in [5, 5.41) is 0. The molecular formula is C12H20N2OS. The highest BCUT2D eigenvalue weighted by atomic mass is 32.2. The Hall–Kier alpha value is -0.580. The van der Waals surface area contributed by atoms with Crippen molar-refractivity contribution < 1.29 is 4.55 Å². The van der Waals surface area contributed by atoms with Crippen LogP contribution >= 0.6 is 0 Å². The maximum atomic E-state index is 11.7. The molecule has 2 atom stereocenters. The topological polar surface area (TPSA) is 48.0 Å². The molecule has 0 aromatic carbocycles. The minimum absolute atomic E-state index is 0.0771. The summed E-state index contributed by atoms with van der Waals surface area (Å²) >= 11 is -0.967. The number of nitrogens with one attached hydrogen (secondary N) is 1. The van der Waals surface area contributed by atoms with E-state index in [-0.39, 0.29) is 6.04 Å². The molecule has 1 unspecified atom stereocenters. The highest BCUT2D eigenvalue weighted by Gasteiger charge is 2.16. The van der Waals surface area contributed by atoms with Gasteiger partial charge in [-0.2, -0.15) is 0 Å². The molecule has 0 radical (unpaired) electrons. The van der Waals surface area contributed by atoms with Gasteiger partial charge in [-0.3, -0.25) is 4.98 Å². The average Bonchev–Trinajstić information content (AvgIpc) is 2.16. The van der Waals surface area contributed by atoms with Crippen LogP contribution in [0.5, 0.6) is 0 Å². The fourth-order valence-corrected chi connectivity index (χ4v) is 2.79. The zero-order chi connectivity index (χ0) is 12.1. The summed E-state index contributed by atoms with van der Waals surface area (Å²) in [7, 11) is 0. The summed E-state index contributed by atoms with van der Waals surface area (Å²) in [6.07, 6.45) is 1.77. The zero-order valence-electron chi connectivity index (χ0n) is 10.4. The van der Waals surface area contributed by atoms with Crippen LogP contribution in [-0.4, -0.2) is 15.3 Å². The molecule has 0 bridgehead atoms. The molecule has 0 spiro atoms. The second kappa shape index (κ2) is 6.23. The Labute approximate surface area is 101 Å². The molecule has 1 aromatic rings. The van der Waals surface area contributed by atoms with Crippen molar-refractivity contribution >= 4 is 11.4 Å². The maximum Gasteiger partial charge on any atom is 0.127 e. The first kappa shape index (κ1) is 13.5. The maximum absolute atomic E-state index is 11.7. The summed E-state index contributed by atoms with van der Waals surface area (Å²) in [5.74, 6) is 1.12. The molecule has 1 heterocycles. The summed E-state index contributed by atoms with van der Waals surface area (Å²) in [6.45, 7) is 8.13. The lowest BCUT2D eigenvalue weighted by Gasteiger charge is -2.19. The Morgan fingerprint density at radius 1 is 1.44 bits per heavy atom. The summed E-state index contributed by atoms with van der Waals surface area (Å²) in [6, 6.07) is 4.01. The second-order valence-corrected chi connectivity index (χ2v) is 5.68. The Kier molecular flexibility index (Phi) is 5.25. The minimum Gasteiger partial charge on any atom is -0.598 e. The summed E-state index contributed by atoms with van der Waals surface area (Å²) < 4.78 is 14.8. The van der Waals surface area contributed by atoms with E-state index in [1.54, 1.807) is 6.20 Å². The number of pyridine rings is 1. The van der Waals surface area contributed by atoms with E-state index in [2.05, 4.69) is 23.6 Å². The lowest BCUT2D eigenvalue weighted by Crippen LogP contribution is -2.31. The number of aryl methyl sites for hydroxylation is 1. The SMILES string of the molecule is Cc1ncccc1[C@@H](C)N[S+]([O-])CC(C)C. The minimum atomic E-state index is -0.967. The van der Waals surface area contributed by atoms with Gasteiger partial charge in [0, 0.05) is 23.3 Å². The first-order valence-corrected chi connectivity index (χ1v) is 6.88. The molecule has 0 saturated heterocycles. The van der Waals surface area contributed by atoms with Crippen LogP contribution in [0.4, 0.5) is 0 Å². The van der Waals surface area contributed by atoms with Crippen molar-refractivity contribution in [3.05, 3.63) is 29.6 Å². The van der Waals surface area contributed by atoms with E-state index in [1.807, 2.05) is 26.0 Å². The molecule has 1 rings (SSSR count). The van der Waals surface area contributed by atoms with Gasteiger partial charge in [-0.25, -0.2) is 0 Å². The van der Waals surface area contributed by atoms with Gasteiger partial charge >= 0.3 is 0 Å². The Balaban J connectivity index is 2.58. The van der Waals surface area contributed by atoms with Crippen molar-refractivity contribution in [3.63, 3.8) is 0 Å². The highest BCUT2D eigenvalue weighted by molar-refractivity contribution is 7.89. The molecule has 0 saturated carbocycles. The molecule has 0 amide bonds. The van der Waals surface area contributed by atoms with Gasteiger partial charge in [0.2, 0.25) is 0 Å². The molecule has 0 fully saturated rings. The molecule has 1 N–H and O–H groups in total. The van der Waals surface area contributed by atoms with E-state index in [1.165, 1.54) is 0 Å². The number of hydrogen-bond acceptors (Lipinski definition) is 3. The van der Waals surface area contributed by atoms with Gasteiger partial charge in [-0.05, 0) is 31.4 Å². The number of nitrogens with zero attached hydrogens (tertiary/aromatic N) is 1. The van der Waals surface area contributed by atoms with Gasteiger partial charge < -0.3 is 4.55 Å². The largest absolute Gasteiger partial charge is 0.598 e. The van der Waals surface area contributed by atoms with Crippen LogP contribution < -0.4 is 4.72 Å². The number of hydrogen-bond donors (Lipinski definition) is 1. The van der Waals surface area contributed by atoms with Crippen LogP contribution in [-0.2, 0) is 11.4 Å². The van der Waals surface area contributed by atoms with Crippen molar-refractivity contribution in [2.24, 2.45) is 5.92 Å². The van der Waals surface area contributed by atoms with Crippen LogP contribution in [0.15, 0.2) is 18.3 Å². The van der Waals surface area contributed by atoms with Gasteiger partial charge in [0.05, 0.1) is 6.04 Å². The van der Waals surface area contributed by atoms with E-state index in [9.17, 15) is 4.55 Å². The third-order valence-corrected chi connectivity index (χ3v) is 3.89. The van der Waals surface area contributed by atoms with Crippen molar-refractivity contribution in [2.75, 3.05) is 5.75 Å². The average molecular weight is 240 g/mol. The standard InChI is InChI=1S/C12H20N2OS/c1-9(2)8-16(15)14-11(4)12-6-5-7-13-10(12)3/h5-7,9,11,14H,8H2,1-4H3/t11-,16?/m1/s1. The Morgan fingerprint density at radius 3 is 2.69 bits per heavy atom. The Morgan fingerprint density at radius 2 is 2.12 bits per heavy atom. The van der Waals surface area contributed by atoms with Crippen molar-refractivity contribution in [2.45, 2.75) is 33.7 Å². The van der Waals surface area contributed by atoms with E-state index in [0.29, 0.717) is 11.7 Å². The van der Waals surface area contributed by atoms with E-state index in [0.717, 1.165) is 11.3 Å².